The van der Waals surface area contributed by atoms with E-state index in [2.05, 4.69) is 27.0 Å². The van der Waals surface area contributed by atoms with Crippen molar-refractivity contribution in [1.29, 1.82) is 0 Å². The predicted molar refractivity (Wildman–Crippen MR) is 122 cm³/mol. The van der Waals surface area contributed by atoms with Crippen molar-refractivity contribution >= 4 is 17.4 Å². The summed E-state index contributed by atoms with van der Waals surface area (Å²) in [5.74, 6) is -0.590. The minimum absolute atomic E-state index is 0.0731. The number of rotatable bonds is 8. The van der Waals surface area contributed by atoms with Gasteiger partial charge >= 0.3 is 0 Å². The van der Waals surface area contributed by atoms with Gasteiger partial charge in [0.2, 0.25) is 0 Å². The van der Waals surface area contributed by atoms with Gasteiger partial charge in [0.15, 0.2) is 0 Å². The molecule has 1 atom stereocenters. The van der Waals surface area contributed by atoms with Gasteiger partial charge in [-0.05, 0) is 41.3 Å². The maximum absolute atomic E-state index is 12.9. The summed E-state index contributed by atoms with van der Waals surface area (Å²) in [6.07, 6.45) is 3.21. The predicted octanol–water partition coefficient (Wildman–Crippen LogP) is 4.98. The van der Waals surface area contributed by atoms with Gasteiger partial charge in [-0.25, -0.2) is 0 Å². The second-order valence-electron chi connectivity index (χ2n) is 7.69. The number of hydrogen-bond donors (Lipinski definition) is 1. The third kappa shape index (κ3) is 4.45. The lowest BCUT2D eigenvalue weighted by atomic mass is 9.93. The quantitative estimate of drug-likeness (QED) is 0.285. The summed E-state index contributed by atoms with van der Waals surface area (Å²) < 4.78 is 5.47. The second-order valence-corrected chi connectivity index (χ2v) is 7.69. The van der Waals surface area contributed by atoms with Gasteiger partial charge in [-0.15, -0.1) is 6.58 Å². The summed E-state index contributed by atoms with van der Waals surface area (Å²) in [6, 6.07) is 13.8. The zero-order chi connectivity index (χ0) is 22.5. The zero-order valence-electron chi connectivity index (χ0n) is 17.9. The molecule has 1 amide bonds. The van der Waals surface area contributed by atoms with E-state index in [0.29, 0.717) is 23.8 Å². The minimum Gasteiger partial charge on any atom is -0.507 e. The van der Waals surface area contributed by atoms with Crippen LogP contribution in [0.15, 0.2) is 79.4 Å². The first kappa shape index (κ1) is 22.1. The van der Waals surface area contributed by atoms with Crippen molar-refractivity contribution in [2.75, 3.05) is 13.2 Å². The molecule has 2 aromatic carbocycles. The molecular formula is C26H27NO4. The van der Waals surface area contributed by atoms with E-state index in [0.717, 1.165) is 11.1 Å². The topological polar surface area (TPSA) is 66.8 Å². The first-order valence-electron chi connectivity index (χ1n) is 10.2. The maximum Gasteiger partial charge on any atom is 0.295 e. The molecule has 31 heavy (non-hydrogen) atoms. The van der Waals surface area contributed by atoms with Crippen molar-refractivity contribution in [2.24, 2.45) is 0 Å². The monoisotopic (exact) mass is 417 g/mol. The van der Waals surface area contributed by atoms with Crippen LogP contribution in [0.5, 0.6) is 5.75 Å². The number of Topliss-reactive ketones (excluding diaryl/α,β-unsaturated/α-hetero) is 1. The molecule has 160 valence electrons. The number of amides is 1. The number of carbonyl (C=O) groups excluding carboxylic acids is 2. The molecule has 5 heteroatoms. The van der Waals surface area contributed by atoms with Gasteiger partial charge in [0.05, 0.1) is 11.6 Å². The lowest BCUT2D eigenvalue weighted by molar-refractivity contribution is -0.139. The Morgan fingerprint density at radius 1 is 1.06 bits per heavy atom. The number of hydrogen-bond acceptors (Lipinski definition) is 4. The lowest BCUT2D eigenvalue weighted by Gasteiger charge is -2.24. The fourth-order valence-corrected chi connectivity index (χ4v) is 3.64. The summed E-state index contributed by atoms with van der Waals surface area (Å²) in [7, 11) is 0. The van der Waals surface area contributed by atoms with Gasteiger partial charge in [0.25, 0.3) is 11.7 Å². The standard InChI is InChI=1S/C26H27NO4/c1-5-15-27-23(19-9-7-18(8-10-19)17(3)4)22(25(29)26(27)30)24(28)20-11-13-21(14-12-20)31-16-6-2/h5-14,17,23,28H,1-2,15-16H2,3-4H3/t23-/m0/s1. The van der Waals surface area contributed by atoms with E-state index in [4.69, 9.17) is 4.74 Å². The Kier molecular flexibility index (Phi) is 6.75. The van der Waals surface area contributed by atoms with Crippen LogP contribution in [-0.4, -0.2) is 34.8 Å². The highest BCUT2D eigenvalue weighted by atomic mass is 16.5. The van der Waals surface area contributed by atoms with E-state index in [-0.39, 0.29) is 17.9 Å². The van der Waals surface area contributed by atoms with Crippen LogP contribution in [0.4, 0.5) is 0 Å². The highest BCUT2D eigenvalue weighted by Crippen LogP contribution is 2.39. The smallest absolute Gasteiger partial charge is 0.295 e. The Morgan fingerprint density at radius 3 is 2.26 bits per heavy atom. The van der Waals surface area contributed by atoms with Gasteiger partial charge in [-0.2, -0.15) is 0 Å². The fraction of sp³-hybridized carbons (Fsp3) is 0.231. The van der Waals surface area contributed by atoms with Gasteiger partial charge in [-0.1, -0.05) is 56.8 Å². The van der Waals surface area contributed by atoms with E-state index >= 15 is 0 Å². The maximum atomic E-state index is 12.9. The summed E-state index contributed by atoms with van der Waals surface area (Å²) in [5, 5.41) is 11.0. The summed E-state index contributed by atoms with van der Waals surface area (Å²) >= 11 is 0. The molecule has 0 bridgehead atoms. The number of benzene rings is 2. The van der Waals surface area contributed by atoms with Crippen LogP contribution in [-0.2, 0) is 9.59 Å². The van der Waals surface area contributed by atoms with Crippen LogP contribution in [0.25, 0.3) is 5.76 Å². The first-order chi connectivity index (χ1) is 14.9. The van der Waals surface area contributed by atoms with Crippen molar-refractivity contribution in [3.05, 3.63) is 96.1 Å². The molecule has 0 saturated carbocycles. The molecule has 5 nitrogen and oxygen atoms in total. The van der Waals surface area contributed by atoms with Crippen molar-refractivity contribution < 1.29 is 19.4 Å². The Bertz CT molecular complexity index is 1020. The molecule has 0 aromatic heterocycles. The van der Waals surface area contributed by atoms with E-state index in [1.165, 1.54) is 4.90 Å². The van der Waals surface area contributed by atoms with Gasteiger partial charge in [-0.3, -0.25) is 9.59 Å². The van der Waals surface area contributed by atoms with Gasteiger partial charge in [0.1, 0.15) is 18.1 Å². The number of ether oxygens (including phenoxy) is 1. The van der Waals surface area contributed by atoms with Crippen molar-refractivity contribution in [1.82, 2.24) is 4.90 Å². The van der Waals surface area contributed by atoms with Crippen LogP contribution < -0.4 is 4.74 Å². The van der Waals surface area contributed by atoms with Gasteiger partial charge < -0.3 is 14.7 Å². The van der Waals surface area contributed by atoms with Crippen LogP contribution in [0.3, 0.4) is 0 Å². The Hall–Kier alpha value is -3.60. The van der Waals surface area contributed by atoms with Crippen molar-refractivity contribution in [3.63, 3.8) is 0 Å². The van der Waals surface area contributed by atoms with E-state index < -0.39 is 17.7 Å². The number of likely N-dealkylation sites (tertiary alicyclic amines) is 1. The van der Waals surface area contributed by atoms with Crippen molar-refractivity contribution in [2.45, 2.75) is 25.8 Å². The molecule has 0 spiro atoms. The molecule has 1 fully saturated rings. The summed E-state index contributed by atoms with van der Waals surface area (Å²) in [5.41, 5.74) is 2.42. The molecular weight excluding hydrogens is 390 g/mol. The third-order valence-electron chi connectivity index (χ3n) is 5.28. The largest absolute Gasteiger partial charge is 0.507 e. The van der Waals surface area contributed by atoms with E-state index in [1.54, 1.807) is 36.4 Å². The molecule has 0 unspecified atom stereocenters. The normalized spacial score (nSPS) is 17.8. The van der Waals surface area contributed by atoms with Crippen LogP contribution in [0.2, 0.25) is 0 Å². The molecule has 1 saturated heterocycles. The van der Waals surface area contributed by atoms with Crippen molar-refractivity contribution in [3.8, 4) is 5.75 Å². The van der Waals surface area contributed by atoms with Crippen LogP contribution in [0.1, 0.15) is 42.5 Å². The fourth-order valence-electron chi connectivity index (χ4n) is 3.64. The highest BCUT2D eigenvalue weighted by Gasteiger charge is 2.45. The zero-order valence-corrected chi connectivity index (χ0v) is 17.9. The molecule has 3 rings (SSSR count). The molecule has 1 heterocycles. The summed E-state index contributed by atoms with van der Waals surface area (Å²) in [4.78, 5) is 27.1. The SMILES string of the molecule is C=CCOc1ccc(C(O)=C2C(=O)C(=O)N(CC=C)[C@H]2c2ccc(C(C)C)cc2)cc1. The first-order valence-corrected chi connectivity index (χ1v) is 10.2. The molecule has 1 aliphatic rings. The average Bonchev–Trinajstić information content (AvgIpc) is 3.03. The Labute approximate surface area is 183 Å². The Balaban J connectivity index is 2.07. The number of aliphatic hydroxyl groups is 1. The number of ketones is 1. The van der Waals surface area contributed by atoms with Crippen LogP contribution >= 0.6 is 0 Å². The molecule has 1 N–H and O–H groups in total. The van der Waals surface area contributed by atoms with E-state index in [9.17, 15) is 14.7 Å². The summed E-state index contributed by atoms with van der Waals surface area (Å²) in [6.45, 7) is 12.1. The lowest BCUT2D eigenvalue weighted by Crippen LogP contribution is -2.29. The number of nitrogens with zero attached hydrogens (tertiary/aromatic N) is 1. The van der Waals surface area contributed by atoms with Gasteiger partial charge in [0, 0.05) is 12.1 Å². The second kappa shape index (κ2) is 9.47. The molecule has 2 aromatic rings. The Morgan fingerprint density at radius 2 is 1.71 bits per heavy atom. The number of carbonyl (C=O) groups is 2. The number of aliphatic hydroxyl groups excluding tert-OH is 1. The van der Waals surface area contributed by atoms with Crippen LogP contribution in [0, 0.1) is 0 Å². The third-order valence-corrected chi connectivity index (χ3v) is 5.28. The average molecular weight is 418 g/mol. The molecule has 1 aliphatic heterocycles. The molecule has 0 aliphatic carbocycles. The van der Waals surface area contributed by atoms with E-state index in [1.807, 2.05) is 24.3 Å². The highest BCUT2D eigenvalue weighted by molar-refractivity contribution is 6.46. The molecule has 0 radical (unpaired) electrons. The minimum atomic E-state index is -0.704.